The Kier molecular flexibility index (Phi) is 3.90. The molecule has 0 fully saturated rings. The third kappa shape index (κ3) is 3.25. The van der Waals surface area contributed by atoms with Crippen LogP contribution in [0, 0.1) is 0 Å². The van der Waals surface area contributed by atoms with Crippen molar-refractivity contribution in [3.63, 3.8) is 0 Å². The number of nitrogens with one attached hydrogen (secondary N) is 1. The molecule has 0 bridgehead atoms. The molecular weight excluding hydrogens is 269 g/mol. The minimum atomic E-state index is 0.0303. The first kappa shape index (κ1) is 12.9. The molecule has 2 aromatic rings. The molecule has 0 unspecified atom stereocenters. The van der Waals surface area contributed by atoms with Crippen LogP contribution in [0.5, 0.6) is 0 Å². The van der Waals surface area contributed by atoms with Gasteiger partial charge >= 0.3 is 0 Å². The van der Waals surface area contributed by atoms with E-state index in [1.54, 1.807) is 30.3 Å². The predicted molar refractivity (Wildman–Crippen MR) is 76.2 cm³/mol. The van der Waals surface area contributed by atoms with Crippen molar-refractivity contribution in [3.05, 3.63) is 58.1 Å². The molecule has 2 rings (SSSR count). The molecule has 18 heavy (non-hydrogen) atoms. The van der Waals surface area contributed by atoms with Gasteiger partial charge in [-0.25, -0.2) is 0 Å². The van der Waals surface area contributed by atoms with E-state index in [1.807, 2.05) is 12.1 Å². The third-order valence-electron chi connectivity index (χ3n) is 2.42. The highest BCUT2D eigenvalue weighted by Crippen LogP contribution is 2.25. The monoisotopic (exact) mass is 279 g/mol. The fourth-order valence-electron chi connectivity index (χ4n) is 1.61. The maximum absolute atomic E-state index is 11.3. The highest BCUT2D eigenvalue weighted by Gasteiger charge is 2.02. The van der Waals surface area contributed by atoms with Gasteiger partial charge in [0.1, 0.15) is 0 Å². The number of carbonyl (C=O) groups is 1. The van der Waals surface area contributed by atoms with Gasteiger partial charge in [0.15, 0.2) is 5.78 Å². The van der Waals surface area contributed by atoms with Crippen molar-refractivity contribution < 1.29 is 4.79 Å². The van der Waals surface area contributed by atoms with Crippen molar-refractivity contribution in [1.82, 2.24) is 0 Å². The molecule has 0 saturated heterocycles. The Morgan fingerprint density at radius 1 is 1.00 bits per heavy atom. The molecule has 0 heterocycles. The molecule has 0 atom stereocenters. The molecule has 0 saturated carbocycles. The van der Waals surface area contributed by atoms with Crippen LogP contribution in [0.4, 0.5) is 11.4 Å². The van der Waals surface area contributed by atoms with Crippen LogP contribution in [0.15, 0.2) is 42.5 Å². The van der Waals surface area contributed by atoms with Gasteiger partial charge in [-0.3, -0.25) is 4.79 Å². The fourth-order valence-corrected chi connectivity index (χ4v) is 2.13. The van der Waals surface area contributed by atoms with Crippen LogP contribution in [0.3, 0.4) is 0 Å². The van der Waals surface area contributed by atoms with Gasteiger partial charge in [-0.05, 0) is 37.3 Å². The van der Waals surface area contributed by atoms with Crippen molar-refractivity contribution in [3.8, 4) is 0 Å². The molecule has 0 aliphatic heterocycles. The highest BCUT2D eigenvalue weighted by molar-refractivity contribution is 6.35. The molecular formula is C14H11Cl2NO. The van der Waals surface area contributed by atoms with Crippen LogP contribution in [0.25, 0.3) is 0 Å². The minimum absolute atomic E-state index is 0.0303. The Hall–Kier alpha value is -1.51. The average molecular weight is 280 g/mol. The Morgan fingerprint density at radius 3 is 2.28 bits per heavy atom. The van der Waals surface area contributed by atoms with Crippen molar-refractivity contribution in [2.75, 3.05) is 5.32 Å². The molecule has 1 N–H and O–H groups in total. The van der Waals surface area contributed by atoms with Crippen molar-refractivity contribution >= 4 is 40.4 Å². The van der Waals surface area contributed by atoms with Gasteiger partial charge in [-0.2, -0.15) is 0 Å². The van der Waals surface area contributed by atoms with Crippen LogP contribution >= 0.6 is 23.2 Å². The molecule has 4 heteroatoms. The van der Waals surface area contributed by atoms with Crippen molar-refractivity contribution in [1.29, 1.82) is 0 Å². The summed E-state index contributed by atoms with van der Waals surface area (Å²) < 4.78 is 0. The summed E-state index contributed by atoms with van der Waals surface area (Å²) in [7, 11) is 0. The van der Waals surface area contributed by atoms with Crippen molar-refractivity contribution in [2.24, 2.45) is 0 Å². The third-order valence-corrected chi connectivity index (χ3v) is 2.86. The standard InChI is InChI=1S/C14H11Cl2NO/c1-9(18)10-3-2-4-13(5-10)17-14-7-11(15)6-12(16)8-14/h2-8,17H,1H3. The van der Waals surface area contributed by atoms with Gasteiger partial charge in [-0.1, -0.05) is 35.3 Å². The van der Waals surface area contributed by atoms with E-state index in [4.69, 9.17) is 23.2 Å². The summed E-state index contributed by atoms with van der Waals surface area (Å²) in [5, 5.41) is 4.29. The number of rotatable bonds is 3. The molecule has 2 nitrogen and oxygen atoms in total. The van der Waals surface area contributed by atoms with Gasteiger partial charge < -0.3 is 5.32 Å². The Morgan fingerprint density at radius 2 is 1.67 bits per heavy atom. The SMILES string of the molecule is CC(=O)c1cccc(Nc2cc(Cl)cc(Cl)c2)c1. The van der Waals surface area contributed by atoms with Crippen LogP contribution < -0.4 is 5.32 Å². The van der Waals surface area contributed by atoms with Crippen molar-refractivity contribution in [2.45, 2.75) is 6.92 Å². The largest absolute Gasteiger partial charge is 0.355 e. The first-order valence-electron chi connectivity index (χ1n) is 5.39. The summed E-state index contributed by atoms with van der Waals surface area (Å²) in [6, 6.07) is 12.5. The minimum Gasteiger partial charge on any atom is -0.355 e. The van der Waals surface area contributed by atoms with E-state index >= 15 is 0 Å². The first-order chi connectivity index (χ1) is 8.54. The highest BCUT2D eigenvalue weighted by atomic mass is 35.5. The van der Waals surface area contributed by atoms with Crippen LogP contribution in [0.1, 0.15) is 17.3 Å². The Balaban J connectivity index is 2.28. The van der Waals surface area contributed by atoms with E-state index in [2.05, 4.69) is 5.32 Å². The van der Waals surface area contributed by atoms with Gasteiger partial charge in [0.2, 0.25) is 0 Å². The van der Waals surface area contributed by atoms with E-state index < -0.39 is 0 Å². The second kappa shape index (κ2) is 5.42. The summed E-state index contributed by atoms with van der Waals surface area (Å²) in [4.78, 5) is 11.3. The van der Waals surface area contributed by atoms with Gasteiger partial charge in [0.25, 0.3) is 0 Å². The lowest BCUT2D eigenvalue weighted by molar-refractivity contribution is 0.101. The lowest BCUT2D eigenvalue weighted by Crippen LogP contribution is -1.95. The topological polar surface area (TPSA) is 29.1 Å². The van der Waals surface area contributed by atoms with E-state index in [0.29, 0.717) is 15.6 Å². The van der Waals surface area contributed by atoms with Gasteiger partial charge in [0, 0.05) is 27.0 Å². The van der Waals surface area contributed by atoms with E-state index in [-0.39, 0.29) is 5.78 Å². The first-order valence-corrected chi connectivity index (χ1v) is 6.14. The molecule has 0 aromatic heterocycles. The number of hydrogen-bond donors (Lipinski definition) is 1. The average Bonchev–Trinajstić information content (AvgIpc) is 2.27. The van der Waals surface area contributed by atoms with E-state index in [9.17, 15) is 4.79 Å². The number of Topliss-reactive ketones (excluding diaryl/α,β-unsaturated/α-hetero) is 1. The Labute approximate surface area is 116 Å². The number of benzene rings is 2. The zero-order valence-corrected chi connectivity index (χ0v) is 11.2. The number of ketones is 1. The lowest BCUT2D eigenvalue weighted by Gasteiger charge is -2.08. The number of carbonyl (C=O) groups excluding carboxylic acids is 1. The summed E-state index contributed by atoms with van der Waals surface area (Å²) in [6.07, 6.45) is 0. The zero-order valence-electron chi connectivity index (χ0n) is 9.71. The maximum Gasteiger partial charge on any atom is 0.159 e. The fraction of sp³-hybridized carbons (Fsp3) is 0.0714. The molecule has 0 radical (unpaired) electrons. The molecule has 2 aromatic carbocycles. The number of halogens is 2. The summed E-state index contributed by atoms with van der Waals surface area (Å²) in [6.45, 7) is 1.54. The van der Waals surface area contributed by atoms with Gasteiger partial charge in [0.05, 0.1) is 0 Å². The molecule has 92 valence electrons. The quantitative estimate of drug-likeness (QED) is 0.807. The van der Waals surface area contributed by atoms with E-state index in [1.165, 1.54) is 6.92 Å². The second-order valence-electron chi connectivity index (χ2n) is 3.92. The van der Waals surface area contributed by atoms with Crippen LogP contribution in [-0.2, 0) is 0 Å². The maximum atomic E-state index is 11.3. The predicted octanol–water partition coefficient (Wildman–Crippen LogP) is 4.94. The summed E-state index contributed by atoms with van der Waals surface area (Å²) >= 11 is 11.8. The smallest absolute Gasteiger partial charge is 0.159 e. The normalized spacial score (nSPS) is 10.2. The summed E-state index contributed by atoms with van der Waals surface area (Å²) in [5.41, 5.74) is 2.27. The molecule has 0 amide bonds. The molecule has 0 aliphatic rings. The number of hydrogen-bond acceptors (Lipinski definition) is 2. The summed E-state index contributed by atoms with van der Waals surface area (Å²) in [5.74, 6) is 0.0303. The van der Waals surface area contributed by atoms with E-state index in [0.717, 1.165) is 11.4 Å². The lowest BCUT2D eigenvalue weighted by atomic mass is 10.1. The second-order valence-corrected chi connectivity index (χ2v) is 4.79. The molecule has 0 spiro atoms. The van der Waals surface area contributed by atoms with Crippen LogP contribution in [-0.4, -0.2) is 5.78 Å². The Bertz CT molecular complexity index is 576. The molecule has 0 aliphatic carbocycles. The zero-order chi connectivity index (χ0) is 13.1. The van der Waals surface area contributed by atoms with Crippen LogP contribution in [0.2, 0.25) is 10.0 Å². The van der Waals surface area contributed by atoms with Gasteiger partial charge in [-0.15, -0.1) is 0 Å². The number of anilines is 2.